The molecule has 1 unspecified atom stereocenters. The Morgan fingerprint density at radius 2 is 2.25 bits per heavy atom. The molecule has 1 aliphatic rings. The van der Waals surface area contributed by atoms with Gasteiger partial charge in [-0.3, -0.25) is 4.68 Å². The van der Waals surface area contributed by atoms with Gasteiger partial charge in [-0.1, -0.05) is 6.92 Å². The second-order valence-electron chi connectivity index (χ2n) is 4.83. The number of nitrogens with zero attached hydrogens (tertiary/aromatic N) is 3. The molecule has 5 heteroatoms. The average molecular weight is 224 g/mol. The van der Waals surface area contributed by atoms with E-state index >= 15 is 0 Å². The fraction of sp³-hybridized carbons (Fsp3) is 0.727. The minimum Gasteiger partial charge on any atom is -0.394 e. The smallest absolute Gasteiger partial charge is 0.150 e. The monoisotopic (exact) mass is 224 g/mol. The van der Waals surface area contributed by atoms with Crippen molar-refractivity contribution < 1.29 is 5.11 Å². The predicted octanol–water partition coefficient (Wildman–Crippen LogP) is 0.526. The van der Waals surface area contributed by atoms with Gasteiger partial charge in [0.1, 0.15) is 0 Å². The number of anilines is 2. The van der Waals surface area contributed by atoms with Crippen molar-refractivity contribution in [2.24, 2.45) is 7.05 Å². The third-order valence-electron chi connectivity index (χ3n) is 3.22. The molecule has 0 bridgehead atoms. The Balaban J connectivity index is 2.31. The Labute approximate surface area is 95.8 Å². The van der Waals surface area contributed by atoms with E-state index in [1.165, 1.54) is 0 Å². The largest absolute Gasteiger partial charge is 0.394 e. The highest BCUT2D eigenvalue weighted by molar-refractivity contribution is 5.67. The summed E-state index contributed by atoms with van der Waals surface area (Å²) in [5, 5.41) is 14.3. The van der Waals surface area contributed by atoms with Crippen molar-refractivity contribution in [1.29, 1.82) is 0 Å². The fourth-order valence-corrected chi connectivity index (χ4v) is 2.35. The lowest BCUT2D eigenvalue weighted by Gasteiger charge is -2.21. The highest BCUT2D eigenvalue weighted by atomic mass is 16.3. The quantitative estimate of drug-likeness (QED) is 0.769. The highest BCUT2D eigenvalue weighted by Gasteiger charge is 2.34. The zero-order valence-corrected chi connectivity index (χ0v) is 10.2. The number of rotatable bonds is 2. The zero-order chi connectivity index (χ0) is 11.9. The van der Waals surface area contributed by atoms with E-state index in [-0.39, 0.29) is 0 Å². The second-order valence-corrected chi connectivity index (χ2v) is 4.83. The van der Waals surface area contributed by atoms with Crippen LogP contribution in [0.5, 0.6) is 0 Å². The first-order valence-corrected chi connectivity index (χ1v) is 5.73. The van der Waals surface area contributed by atoms with Gasteiger partial charge in [-0.15, -0.1) is 0 Å². The van der Waals surface area contributed by atoms with Gasteiger partial charge in [-0.2, -0.15) is 5.10 Å². The summed E-state index contributed by atoms with van der Waals surface area (Å²) in [4.78, 5) is 2.11. The first-order chi connectivity index (χ1) is 7.44. The number of aliphatic hydroxyl groups is 1. The summed E-state index contributed by atoms with van der Waals surface area (Å²) in [7, 11) is 1.90. The van der Waals surface area contributed by atoms with E-state index in [0.717, 1.165) is 36.6 Å². The van der Waals surface area contributed by atoms with Gasteiger partial charge >= 0.3 is 0 Å². The summed E-state index contributed by atoms with van der Waals surface area (Å²) < 4.78 is 1.82. The van der Waals surface area contributed by atoms with Crippen LogP contribution >= 0.6 is 0 Å². The number of nitrogens with two attached hydrogens (primary N) is 1. The van der Waals surface area contributed by atoms with Crippen LogP contribution in [0.4, 0.5) is 11.5 Å². The molecular weight excluding hydrogens is 204 g/mol. The van der Waals surface area contributed by atoms with Crippen LogP contribution in [0.25, 0.3) is 0 Å². The van der Waals surface area contributed by atoms with Gasteiger partial charge in [0.25, 0.3) is 0 Å². The second kappa shape index (κ2) is 3.66. The third kappa shape index (κ3) is 1.75. The standard InChI is InChI=1S/C11H20N4O/c1-4-8-9(12)10(14(3)13-8)15-6-5-11(2,16)7-15/h16H,4-7,12H2,1-3H3. The lowest BCUT2D eigenvalue weighted by molar-refractivity contribution is 0.0839. The number of aromatic nitrogens is 2. The van der Waals surface area contributed by atoms with Crippen molar-refractivity contribution in [3.05, 3.63) is 5.69 Å². The van der Waals surface area contributed by atoms with E-state index < -0.39 is 5.60 Å². The zero-order valence-electron chi connectivity index (χ0n) is 10.2. The molecule has 1 atom stereocenters. The van der Waals surface area contributed by atoms with Crippen LogP contribution in [0.2, 0.25) is 0 Å². The Hall–Kier alpha value is -1.23. The van der Waals surface area contributed by atoms with Gasteiger partial charge in [0.2, 0.25) is 0 Å². The van der Waals surface area contributed by atoms with E-state index in [2.05, 4.69) is 10.00 Å². The summed E-state index contributed by atoms with van der Waals surface area (Å²) in [5.41, 5.74) is 7.16. The SMILES string of the molecule is CCc1nn(C)c(N2CCC(C)(O)C2)c1N. The number of hydrogen-bond donors (Lipinski definition) is 2. The van der Waals surface area contributed by atoms with E-state index in [0.29, 0.717) is 6.54 Å². The summed E-state index contributed by atoms with van der Waals surface area (Å²) in [6.45, 7) is 5.36. The molecule has 0 spiro atoms. The molecule has 3 N–H and O–H groups in total. The van der Waals surface area contributed by atoms with Crippen molar-refractivity contribution in [1.82, 2.24) is 9.78 Å². The van der Waals surface area contributed by atoms with Crippen LogP contribution in [-0.4, -0.2) is 33.6 Å². The van der Waals surface area contributed by atoms with Crippen molar-refractivity contribution in [3.8, 4) is 0 Å². The number of hydrogen-bond acceptors (Lipinski definition) is 4. The van der Waals surface area contributed by atoms with Crippen LogP contribution in [-0.2, 0) is 13.5 Å². The Morgan fingerprint density at radius 1 is 1.56 bits per heavy atom. The highest BCUT2D eigenvalue weighted by Crippen LogP contribution is 2.32. The molecule has 1 saturated heterocycles. The van der Waals surface area contributed by atoms with Crippen molar-refractivity contribution in [2.45, 2.75) is 32.3 Å². The van der Waals surface area contributed by atoms with Crippen molar-refractivity contribution >= 4 is 11.5 Å². The molecule has 0 radical (unpaired) electrons. The van der Waals surface area contributed by atoms with Crippen LogP contribution in [0.3, 0.4) is 0 Å². The van der Waals surface area contributed by atoms with Gasteiger partial charge in [0.15, 0.2) is 5.82 Å². The number of aryl methyl sites for hydroxylation is 2. The molecule has 5 nitrogen and oxygen atoms in total. The molecule has 1 aliphatic heterocycles. The van der Waals surface area contributed by atoms with Gasteiger partial charge in [-0.25, -0.2) is 0 Å². The maximum Gasteiger partial charge on any atom is 0.150 e. The van der Waals surface area contributed by atoms with Gasteiger partial charge in [0.05, 0.1) is 17.0 Å². The molecule has 2 rings (SSSR count). The van der Waals surface area contributed by atoms with Crippen LogP contribution in [0.15, 0.2) is 0 Å². The Morgan fingerprint density at radius 3 is 2.69 bits per heavy atom. The maximum atomic E-state index is 9.96. The summed E-state index contributed by atoms with van der Waals surface area (Å²) in [6, 6.07) is 0. The van der Waals surface area contributed by atoms with Gasteiger partial charge in [0, 0.05) is 20.1 Å². The van der Waals surface area contributed by atoms with E-state index in [4.69, 9.17) is 5.73 Å². The molecule has 0 aromatic carbocycles. The lowest BCUT2D eigenvalue weighted by Crippen LogP contribution is -2.30. The normalized spacial score (nSPS) is 25.4. The Bertz CT molecular complexity index is 397. The van der Waals surface area contributed by atoms with E-state index in [1.807, 2.05) is 25.6 Å². The summed E-state index contributed by atoms with van der Waals surface area (Å²) in [5.74, 6) is 0.939. The first kappa shape index (κ1) is 11.3. The number of β-amino-alcohol motifs (C(OH)–C–C–N with tert-alkyl or cyclic N) is 1. The molecule has 1 aromatic heterocycles. The fourth-order valence-electron chi connectivity index (χ4n) is 2.35. The van der Waals surface area contributed by atoms with Crippen LogP contribution in [0, 0.1) is 0 Å². The molecule has 0 aliphatic carbocycles. The molecule has 16 heavy (non-hydrogen) atoms. The van der Waals surface area contributed by atoms with Crippen molar-refractivity contribution in [2.75, 3.05) is 23.7 Å². The van der Waals surface area contributed by atoms with Crippen molar-refractivity contribution in [3.63, 3.8) is 0 Å². The van der Waals surface area contributed by atoms with Crippen LogP contribution in [0.1, 0.15) is 26.0 Å². The number of nitrogen functional groups attached to an aromatic ring is 1. The lowest BCUT2D eigenvalue weighted by atomic mass is 10.1. The third-order valence-corrected chi connectivity index (χ3v) is 3.22. The molecule has 1 aromatic rings. The molecule has 1 fully saturated rings. The molecular formula is C11H20N4O. The molecule has 0 saturated carbocycles. The van der Waals surface area contributed by atoms with E-state index in [9.17, 15) is 5.11 Å². The maximum absolute atomic E-state index is 9.96. The molecule has 0 amide bonds. The minimum absolute atomic E-state index is 0.608. The predicted molar refractivity (Wildman–Crippen MR) is 64.5 cm³/mol. The molecule has 2 heterocycles. The van der Waals surface area contributed by atoms with Gasteiger partial charge in [-0.05, 0) is 19.8 Å². The van der Waals surface area contributed by atoms with E-state index in [1.54, 1.807) is 0 Å². The minimum atomic E-state index is -0.608. The first-order valence-electron chi connectivity index (χ1n) is 5.73. The van der Waals surface area contributed by atoms with Gasteiger partial charge < -0.3 is 15.7 Å². The summed E-state index contributed by atoms with van der Waals surface area (Å²) in [6.07, 6.45) is 1.61. The summed E-state index contributed by atoms with van der Waals surface area (Å²) >= 11 is 0. The Kier molecular flexibility index (Phi) is 2.58. The molecule has 90 valence electrons. The topological polar surface area (TPSA) is 67.3 Å². The average Bonchev–Trinajstić information content (AvgIpc) is 2.67. The van der Waals surface area contributed by atoms with Crippen LogP contribution < -0.4 is 10.6 Å².